The monoisotopic (exact) mass is 1040 g/mol. The zero-order valence-electron chi connectivity index (χ0n) is 47.2. The van der Waals surface area contributed by atoms with E-state index in [2.05, 4.69) is 205 Å². The molecule has 4 nitrogen and oxygen atoms in total. The number of para-hydroxylation sites is 2. The summed E-state index contributed by atoms with van der Waals surface area (Å²) in [7, 11) is 0.120. The van der Waals surface area contributed by atoms with Gasteiger partial charge in [0.15, 0.2) is 0 Å². The van der Waals surface area contributed by atoms with Crippen molar-refractivity contribution in [3.05, 3.63) is 150 Å². The molecule has 7 heteroatoms. The molecular formula is C62H91N2Ni2O2P. The van der Waals surface area contributed by atoms with Gasteiger partial charge in [-0.1, -0.05) is 133 Å². The summed E-state index contributed by atoms with van der Waals surface area (Å²) in [6.07, 6.45) is 3.73. The minimum absolute atomic E-state index is 0. The maximum absolute atomic E-state index is 12.3. The van der Waals surface area contributed by atoms with Crippen LogP contribution in [0, 0.1) is 50.0 Å². The van der Waals surface area contributed by atoms with Gasteiger partial charge in [-0.15, -0.1) is 0 Å². The number of aliphatic imine (C=N–C) groups is 2. The van der Waals surface area contributed by atoms with Crippen molar-refractivity contribution in [1.29, 1.82) is 0 Å². The quantitative estimate of drug-likeness (QED) is 0.0633. The van der Waals surface area contributed by atoms with E-state index in [9.17, 15) is 10.2 Å². The van der Waals surface area contributed by atoms with E-state index in [4.69, 9.17) is 9.98 Å². The van der Waals surface area contributed by atoms with Gasteiger partial charge in [-0.2, -0.15) is 0 Å². The zero-order chi connectivity index (χ0) is 48.3. The van der Waals surface area contributed by atoms with Gasteiger partial charge in [-0.05, 0) is 161 Å². The maximum atomic E-state index is 12.3. The largest absolute Gasteiger partial charge is 2.00 e. The summed E-state index contributed by atoms with van der Waals surface area (Å²) in [6.45, 7) is 46.3. The Hall–Kier alpha value is -3.54. The van der Waals surface area contributed by atoms with E-state index in [-0.39, 0.29) is 85.5 Å². The molecule has 69 heavy (non-hydrogen) atoms. The van der Waals surface area contributed by atoms with Gasteiger partial charge >= 0.3 is 16.5 Å². The van der Waals surface area contributed by atoms with Crippen LogP contribution in [0.5, 0.6) is 11.5 Å². The third-order valence-electron chi connectivity index (χ3n) is 12.5. The van der Waals surface area contributed by atoms with Gasteiger partial charge in [0.2, 0.25) is 0 Å². The van der Waals surface area contributed by atoms with E-state index in [1.54, 1.807) is 0 Å². The molecule has 0 radical (unpaired) electrons. The van der Waals surface area contributed by atoms with Crippen LogP contribution in [0.15, 0.2) is 70.6 Å². The Morgan fingerprint density at radius 1 is 0.478 bits per heavy atom. The second-order valence-corrected chi connectivity index (χ2v) is 24.9. The summed E-state index contributed by atoms with van der Waals surface area (Å²) in [5.74, 6) is 1.67. The molecule has 0 amide bonds. The van der Waals surface area contributed by atoms with Gasteiger partial charge in [0, 0.05) is 71.2 Å². The fourth-order valence-corrected chi connectivity index (χ4v) is 8.47. The topological polar surface area (TPSA) is 65.2 Å². The Bertz CT molecular complexity index is 2280. The van der Waals surface area contributed by atoms with E-state index < -0.39 is 0 Å². The number of hydrogen-bond donors (Lipinski definition) is 2. The normalized spacial score (nSPS) is 11.6. The Labute approximate surface area is 444 Å². The second-order valence-electron chi connectivity index (χ2n) is 21.9. The number of aromatic hydroxyl groups is 2. The molecule has 0 fully saturated rings. The van der Waals surface area contributed by atoms with E-state index in [1.807, 2.05) is 12.4 Å². The first-order valence-electron chi connectivity index (χ1n) is 23.6. The van der Waals surface area contributed by atoms with Crippen LogP contribution in [-0.4, -0.2) is 42.6 Å². The molecule has 0 atom stereocenters. The van der Waals surface area contributed by atoms with Crippen LogP contribution in [0.2, 0.25) is 0 Å². The Morgan fingerprint density at radius 2 is 0.710 bits per heavy atom. The first-order chi connectivity index (χ1) is 29.6. The predicted octanol–water partition coefficient (Wildman–Crippen LogP) is 18.7. The summed E-state index contributed by atoms with van der Waals surface area (Å²) in [5, 5.41) is 24.6. The molecule has 0 aromatic heterocycles. The SMILES string of the molecule is C[PH+](C)C.Cc1c(C)c(-c2cc(C(C)(C)C)cc(C=Nc3c(C(C)C)cccc3C(C)C)c2O)c(C)c(C)c1-c1cc(C(C)(C)C)cc(C=Nc2c(C(C)C)cccc2C(C)C)c1O.[CH3-].[CH3-].[CH3-].[Ni+2].[Ni]. The van der Waals surface area contributed by atoms with Crippen LogP contribution in [-0.2, 0) is 43.8 Å². The molecule has 2 N–H and O–H groups in total. The van der Waals surface area contributed by atoms with Crippen molar-refractivity contribution in [2.45, 2.75) is 159 Å². The Kier molecular flexibility index (Phi) is 26.7. The zero-order valence-corrected chi connectivity index (χ0v) is 50.1. The molecular weight excluding hydrogens is 953 g/mol. The third-order valence-corrected chi connectivity index (χ3v) is 12.5. The van der Waals surface area contributed by atoms with Crippen LogP contribution in [0.3, 0.4) is 0 Å². The molecule has 0 saturated carbocycles. The van der Waals surface area contributed by atoms with Crippen molar-refractivity contribution < 1.29 is 43.2 Å². The van der Waals surface area contributed by atoms with Crippen molar-refractivity contribution in [3.63, 3.8) is 0 Å². The van der Waals surface area contributed by atoms with Crippen molar-refractivity contribution in [2.24, 2.45) is 9.98 Å². The first-order valence-corrected chi connectivity index (χ1v) is 26.6. The van der Waals surface area contributed by atoms with E-state index in [0.717, 1.165) is 67.0 Å². The molecule has 0 aliphatic heterocycles. The molecule has 5 aromatic carbocycles. The van der Waals surface area contributed by atoms with E-state index in [1.165, 1.54) is 22.3 Å². The summed E-state index contributed by atoms with van der Waals surface area (Å²) >= 11 is 0. The van der Waals surface area contributed by atoms with E-state index >= 15 is 0 Å². The Morgan fingerprint density at radius 3 is 0.913 bits per heavy atom. The predicted molar refractivity (Wildman–Crippen MR) is 306 cm³/mol. The first kappa shape index (κ1) is 67.5. The molecule has 0 heterocycles. The Balaban J connectivity index is 0. The molecule has 0 aliphatic rings. The summed E-state index contributed by atoms with van der Waals surface area (Å²) in [6, 6.07) is 21.4. The average molecular weight is 1040 g/mol. The standard InChI is InChI=1S/C56H72N2O2.C3H9P.3CH3.2Ni/c1-31(2)43-21-19-22-44(32(3)4)51(43)57-29-39-25-41(55(13,14)15)27-47(53(39)59)49-35(9)37(11)50(38(12)36(49)10)48-28-42(56(16,17)18)26-40(54(48)60)30-58-52-45(33(5)6)23-20-24-46(52)34(7)8;1-4(2)3;;;;;/h19-34,59-60H,1-18H3;1-3H3;3*1H3;;/q;;3*-1;;+2/p+1. The average Bonchev–Trinajstić information content (AvgIpc) is 3.18. The summed E-state index contributed by atoms with van der Waals surface area (Å²) in [4.78, 5) is 10.3. The molecule has 0 bridgehead atoms. The van der Waals surface area contributed by atoms with Gasteiger partial charge in [-0.25, -0.2) is 0 Å². The number of phenols is 2. The van der Waals surface area contributed by atoms with Crippen molar-refractivity contribution in [1.82, 2.24) is 0 Å². The van der Waals surface area contributed by atoms with Gasteiger partial charge in [-0.3, -0.25) is 9.98 Å². The van der Waals surface area contributed by atoms with Gasteiger partial charge in [0.05, 0.1) is 11.4 Å². The summed E-state index contributed by atoms with van der Waals surface area (Å²) in [5.41, 5.74) is 17.9. The minimum atomic E-state index is -0.182. The maximum Gasteiger partial charge on any atom is 2.00 e. The summed E-state index contributed by atoms with van der Waals surface area (Å²) < 4.78 is 0. The van der Waals surface area contributed by atoms with Crippen LogP contribution in [0.25, 0.3) is 22.3 Å². The van der Waals surface area contributed by atoms with Crippen LogP contribution < -0.4 is 0 Å². The smallest absolute Gasteiger partial charge is 0.507 e. The molecule has 386 valence electrons. The molecule has 5 rings (SSSR count). The number of hydrogen-bond acceptors (Lipinski definition) is 4. The fourth-order valence-electron chi connectivity index (χ4n) is 8.47. The third kappa shape index (κ3) is 15.7. The molecule has 0 saturated heterocycles. The number of rotatable bonds is 10. The van der Waals surface area contributed by atoms with E-state index in [0.29, 0.717) is 34.8 Å². The molecule has 5 aromatic rings. The van der Waals surface area contributed by atoms with Gasteiger partial charge < -0.3 is 32.5 Å². The number of nitrogens with zero attached hydrogens (tertiary/aromatic N) is 2. The van der Waals surface area contributed by atoms with Crippen LogP contribution in [0.4, 0.5) is 11.4 Å². The second kappa shape index (κ2) is 27.3. The molecule has 0 unspecified atom stereocenters. The molecule has 0 aliphatic carbocycles. The van der Waals surface area contributed by atoms with Crippen LogP contribution in [0.1, 0.15) is 187 Å². The number of benzene rings is 5. The molecule has 0 spiro atoms. The van der Waals surface area contributed by atoms with Gasteiger partial charge in [0.1, 0.15) is 11.5 Å². The number of phenolic OH excluding ortho intramolecular Hbond substituents is 2. The van der Waals surface area contributed by atoms with Gasteiger partial charge in [0.25, 0.3) is 0 Å². The van der Waals surface area contributed by atoms with Crippen molar-refractivity contribution in [2.75, 3.05) is 20.0 Å². The van der Waals surface area contributed by atoms with Crippen LogP contribution >= 0.6 is 7.92 Å². The fraction of sp³-hybridized carbons (Fsp3) is 0.435. The minimum Gasteiger partial charge on any atom is -0.507 e. The van der Waals surface area contributed by atoms with Crippen molar-refractivity contribution >= 4 is 31.7 Å². The van der Waals surface area contributed by atoms with Crippen molar-refractivity contribution in [3.8, 4) is 33.8 Å².